The van der Waals surface area contributed by atoms with Crippen molar-refractivity contribution in [2.45, 2.75) is 25.2 Å². The molecule has 0 radical (unpaired) electrons. The van der Waals surface area contributed by atoms with Crippen LogP contribution in [0.15, 0.2) is 33.8 Å². The number of rotatable bonds is 6. The van der Waals surface area contributed by atoms with Gasteiger partial charge in [-0.15, -0.1) is 11.3 Å². The van der Waals surface area contributed by atoms with E-state index >= 15 is 0 Å². The maximum Gasteiger partial charge on any atom is 0.286 e. The second kappa shape index (κ2) is 8.46. The molecule has 152 valence electrons. The minimum Gasteiger partial charge on any atom is -0.459 e. The number of amides is 2. The zero-order chi connectivity index (χ0) is 20.3. The van der Waals surface area contributed by atoms with Crippen LogP contribution in [0, 0.1) is 13.8 Å². The average Bonchev–Trinajstić information content (AvgIpc) is 3.31. The molecule has 28 heavy (non-hydrogen) atoms. The summed E-state index contributed by atoms with van der Waals surface area (Å²) in [5.41, 5.74) is 0. The van der Waals surface area contributed by atoms with Gasteiger partial charge in [-0.2, -0.15) is 4.31 Å². The Kier molecular flexibility index (Phi) is 6.21. The number of nitrogens with one attached hydrogen (secondary N) is 1. The van der Waals surface area contributed by atoms with Gasteiger partial charge in [0.15, 0.2) is 5.76 Å². The summed E-state index contributed by atoms with van der Waals surface area (Å²) in [7, 11) is -3.54. The van der Waals surface area contributed by atoms with Gasteiger partial charge in [-0.1, -0.05) is 0 Å². The number of piperazine rings is 1. The van der Waals surface area contributed by atoms with Crippen molar-refractivity contribution in [2.24, 2.45) is 0 Å². The van der Waals surface area contributed by atoms with E-state index in [1.807, 2.05) is 6.92 Å². The summed E-state index contributed by atoms with van der Waals surface area (Å²) in [5, 5.41) is 2.63. The highest BCUT2D eigenvalue weighted by atomic mass is 32.2. The molecule has 8 nitrogen and oxygen atoms in total. The lowest BCUT2D eigenvalue weighted by atomic mass is 10.3. The van der Waals surface area contributed by atoms with Gasteiger partial charge < -0.3 is 14.6 Å². The molecule has 1 saturated heterocycles. The van der Waals surface area contributed by atoms with Crippen molar-refractivity contribution in [1.82, 2.24) is 14.5 Å². The van der Waals surface area contributed by atoms with Crippen LogP contribution in [0.4, 0.5) is 0 Å². The van der Waals surface area contributed by atoms with Crippen LogP contribution in [-0.4, -0.2) is 62.2 Å². The first-order chi connectivity index (χ1) is 13.3. The molecule has 1 aliphatic heterocycles. The highest BCUT2D eigenvalue weighted by molar-refractivity contribution is 7.89. The van der Waals surface area contributed by atoms with Gasteiger partial charge in [0, 0.05) is 48.9 Å². The number of carbonyl (C=O) groups is 2. The second-order valence-electron chi connectivity index (χ2n) is 6.55. The Hall–Kier alpha value is -2.17. The average molecular weight is 426 g/mol. The van der Waals surface area contributed by atoms with Crippen LogP contribution in [0.3, 0.4) is 0 Å². The topological polar surface area (TPSA) is 99.9 Å². The molecule has 2 aromatic heterocycles. The Balaban J connectivity index is 1.48. The molecule has 2 amide bonds. The van der Waals surface area contributed by atoms with E-state index in [0.717, 1.165) is 9.75 Å². The van der Waals surface area contributed by atoms with Crippen molar-refractivity contribution < 1.29 is 22.4 Å². The van der Waals surface area contributed by atoms with Crippen LogP contribution in [-0.2, 0) is 14.8 Å². The molecule has 1 N–H and O–H groups in total. The molecular formula is C18H23N3O5S2. The molecule has 0 unspecified atom stereocenters. The third-order valence-corrected chi connectivity index (χ3v) is 7.69. The van der Waals surface area contributed by atoms with Crippen molar-refractivity contribution in [3.8, 4) is 0 Å². The lowest BCUT2D eigenvalue weighted by Gasteiger charge is -2.34. The van der Waals surface area contributed by atoms with Crippen LogP contribution in [0.25, 0.3) is 0 Å². The molecule has 10 heteroatoms. The fraction of sp³-hybridized carbons (Fsp3) is 0.444. The maximum absolute atomic E-state index is 12.8. The van der Waals surface area contributed by atoms with E-state index < -0.39 is 10.0 Å². The predicted molar refractivity (Wildman–Crippen MR) is 105 cm³/mol. The SMILES string of the molecule is Cc1cc(S(=O)(=O)N2CCN(C(=O)CCNC(=O)c3ccco3)CC2)c(C)s1. The van der Waals surface area contributed by atoms with Crippen LogP contribution in [0.5, 0.6) is 0 Å². The highest BCUT2D eigenvalue weighted by Gasteiger charge is 2.31. The van der Waals surface area contributed by atoms with Gasteiger partial charge in [0.1, 0.15) is 0 Å². The lowest BCUT2D eigenvalue weighted by Crippen LogP contribution is -2.50. The summed E-state index contributed by atoms with van der Waals surface area (Å²) < 4.78 is 32.1. The van der Waals surface area contributed by atoms with Gasteiger partial charge in [0.2, 0.25) is 15.9 Å². The van der Waals surface area contributed by atoms with Gasteiger partial charge in [-0.3, -0.25) is 9.59 Å². The standard InChI is InChI=1S/C18H23N3O5S2/c1-13-12-16(14(2)27-13)28(24,25)21-9-7-20(8-10-21)17(22)5-6-19-18(23)15-4-3-11-26-15/h3-4,11-12H,5-10H2,1-2H3,(H,19,23). The molecule has 0 spiro atoms. The van der Waals surface area contributed by atoms with E-state index in [4.69, 9.17) is 4.42 Å². The molecule has 0 atom stereocenters. The summed E-state index contributed by atoms with van der Waals surface area (Å²) in [6.45, 7) is 5.10. The first-order valence-electron chi connectivity index (χ1n) is 8.95. The number of furan rings is 1. The van der Waals surface area contributed by atoms with Crippen LogP contribution in [0.2, 0.25) is 0 Å². The van der Waals surface area contributed by atoms with Crippen LogP contribution in [0.1, 0.15) is 26.7 Å². The van der Waals surface area contributed by atoms with E-state index in [1.165, 1.54) is 21.9 Å². The molecule has 0 aliphatic carbocycles. The summed E-state index contributed by atoms with van der Waals surface area (Å²) >= 11 is 1.46. The molecule has 0 bridgehead atoms. The van der Waals surface area contributed by atoms with Gasteiger partial charge in [0.05, 0.1) is 11.2 Å². The van der Waals surface area contributed by atoms with Crippen molar-refractivity contribution in [3.63, 3.8) is 0 Å². The van der Waals surface area contributed by atoms with Crippen LogP contribution >= 0.6 is 11.3 Å². The van der Waals surface area contributed by atoms with E-state index in [0.29, 0.717) is 18.0 Å². The number of aryl methyl sites for hydroxylation is 2. The number of hydrogen-bond donors (Lipinski definition) is 1. The molecule has 3 heterocycles. The number of nitrogens with zero attached hydrogens (tertiary/aromatic N) is 2. The smallest absolute Gasteiger partial charge is 0.286 e. The number of carbonyl (C=O) groups excluding carboxylic acids is 2. The Morgan fingerprint density at radius 2 is 1.93 bits per heavy atom. The van der Waals surface area contributed by atoms with Gasteiger partial charge >= 0.3 is 0 Å². The number of hydrogen-bond acceptors (Lipinski definition) is 6. The minimum atomic E-state index is -3.54. The lowest BCUT2D eigenvalue weighted by molar-refractivity contribution is -0.132. The third-order valence-electron chi connectivity index (χ3n) is 4.57. The molecule has 0 saturated carbocycles. The maximum atomic E-state index is 12.8. The summed E-state index contributed by atoms with van der Waals surface area (Å²) in [6.07, 6.45) is 1.56. The van der Waals surface area contributed by atoms with E-state index in [1.54, 1.807) is 30.0 Å². The molecule has 2 aromatic rings. The predicted octanol–water partition coefficient (Wildman–Crippen LogP) is 1.61. The fourth-order valence-electron chi connectivity index (χ4n) is 3.12. The third kappa shape index (κ3) is 4.45. The highest BCUT2D eigenvalue weighted by Crippen LogP contribution is 2.28. The normalized spacial score (nSPS) is 15.6. The zero-order valence-corrected chi connectivity index (χ0v) is 17.4. The van der Waals surface area contributed by atoms with Gasteiger partial charge in [-0.05, 0) is 32.0 Å². The van der Waals surface area contributed by atoms with E-state index in [9.17, 15) is 18.0 Å². The first kappa shape index (κ1) is 20.6. The van der Waals surface area contributed by atoms with E-state index in [-0.39, 0.29) is 43.6 Å². The van der Waals surface area contributed by atoms with Crippen molar-refractivity contribution in [2.75, 3.05) is 32.7 Å². The minimum absolute atomic E-state index is 0.112. The van der Waals surface area contributed by atoms with Gasteiger partial charge in [-0.25, -0.2) is 8.42 Å². The molecule has 0 aromatic carbocycles. The molecule has 1 fully saturated rings. The Bertz CT molecular complexity index is 942. The Morgan fingerprint density at radius 3 is 2.50 bits per heavy atom. The quantitative estimate of drug-likeness (QED) is 0.758. The largest absolute Gasteiger partial charge is 0.459 e. The van der Waals surface area contributed by atoms with Crippen molar-refractivity contribution >= 4 is 33.2 Å². The van der Waals surface area contributed by atoms with Crippen LogP contribution < -0.4 is 5.32 Å². The first-order valence-corrected chi connectivity index (χ1v) is 11.2. The molecule has 1 aliphatic rings. The van der Waals surface area contributed by atoms with Crippen molar-refractivity contribution in [3.05, 3.63) is 40.0 Å². The Labute approximate surface area is 168 Å². The number of thiophene rings is 1. The second-order valence-corrected chi connectivity index (χ2v) is 9.91. The monoisotopic (exact) mass is 425 g/mol. The zero-order valence-electron chi connectivity index (χ0n) is 15.8. The fourth-order valence-corrected chi connectivity index (χ4v) is 6.06. The Morgan fingerprint density at radius 1 is 1.21 bits per heavy atom. The molecule has 3 rings (SSSR count). The van der Waals surface area contributed by atoms with Crippen molar-refractivity contribution in [1.29, 1.82) is 0 Å². The summed E-state index contributed by atoms with van der Waals surface area (Å²) in [5.74, 6) is -0.278. The van der Waals surface area contributed by atoms with E-state index in [2.05, 4.69) is 5.32 Å². The summed E-state index contributed by atoms with van der Waals surface area (Å²) in [6, 6.07) is 4.87. The molecular weight excluding hydrogens is 402 g/mol. The number of sulfonamides is 1. The van der Waals surface area contributed by atoms with Gasteiger partial charge in [0.25, 0.3) is 5.91 Å². The summed E-state index contributed by atoms with van der Waals surface area (Å²) in [4.78, 5) is 27.8.